The van der Waals surface area contributed by atoms with E-state index in [0.29, 0.717) is 10.3 Å². The Morgan fingerprint density at radius 3 is 1.67 bits per heavy atom. The fraction of sp³-hybridized carbons (Fsp3) is 0.0909. The summed E-state index contributed by atoms with van der Waals surface area (Å²) < 4.78 is 6.27. The van der Waals surface area contributed by atoms with E-state index in [1.807, 2.05) is 84.9 Å². The van der Waals surface area contributed by atoms with Crippen LogP contribution in [0.25, 0.3) is 32.3 Å². The maximum absolute atomic E-state index is 11.2. The van der Waals surface area contributed by atoms with Gasteiger partial charge in [-0.25, -0.2) is 0 Å². The second kappa shape index (κ2) is 15.3. The van der Waals surface area contributed by atoms with Gasteiger partial charge in [-0.1, -0.05) is 81.1 Å². The molecule has 6 rings (SSSR count). The van der Waals surface area contributed by atoms with Gasteiger partial charge >= 0.3 is 0 Å². The van der Waals surface area contributed by atoms with Gasteiger partial charge in [0.25, 0.3) is 0 Å². The Kier molecular flexibility index (Phi) is 10.8. The summed E-state index contributed by atoms with van der Waals surface area (Å²) >= 11 is 6.06. The van der Waals surface area contributed by atoms with Crippen LogP contribution in [0, 0.1) is 0 Å². The zero-order valence-electron chi connectivity index (χ0n) is 24.9. The van der Waals surface area contributed by atoms with Crippen LogP contribution in [0.3, 0.4) is 0 Å². The number of para-hydroxylation sites is 1. The number of methoxy groups -OCH3 is 1. The van der Waals surface area contributed by atoms with Crippen molar-refractivity contribution in [3.63, 3.8) is 0 Å². The Balaban J connectivity index is 0.000000219. The van der Waals surface area contributed by atoms with Gasteiger partial charge in [-0.2, -0.15) is 0 Å². The predicted octanol–water partition coefficient (Wildman–Crippen LogP) is 8.51. The van der Waals surface area contributed by atoms with E-state index in [9.17, 15) is 9.59 Å². The van der Waals surface area contributed by atoms with E-state index in [4.69, 9.17) is 4.74 Å². The van der Waals surface area contributed by atoms with Crippen LogP contribution in [0.15, 0.2) is 102 Å². The number of halogens is 1. The van der Waals surface area contributed by atoms with Gasteiger partial charge in [0.1, 0.15) is 15.8 Å². The Morgan fingerprint density at radius 1 is 0.652 bits per heavy atom. The third-order valence-corrected chi connectivity index (χ3v) is 8.55. The van der Waals surface area contributed by atoms with Gasteiger partial charge in [-0.05, 0) is 60.2 Å². The molecule has 0 aliphatic rings. The molecule has 0 saturated carbocycles. The molecule has 0 aliphatic heterocycles. The van der Waals surface area contributed by atoms with Gasteiger partial charge in [0.2, 0.25) is 22.1 Å². The highest BCUT2D eigenvalue weighted by molar-refractivity contribution is 9.10. The van der Waals surface area contributed by atoms with Crippen LogP contribution in [-0.2, 0) is 9.59 Å². The third-order valence-electron chi connectivity index (χ3n) is 6.25. The summed E-state index contributed by atoms with van der Waals surface area (Å²) in [5.41, 5.74) is 6.11. The zero-order valence-corrected chi connectivity index (χ0v) is 28.2. The molecule has 2 aromatic heterocycles. The molecule has 2 heterocycles. The van der Waals surface area contributed by atoms with Crippen molar-refractivity contribution in [1.82, 2.24) is 20.4 Å². The van der Waals surface area contributed by atoms with Crippen molar-refractivity contribution >= 4 is 72.1 Å². The number of carbonyl (C=O) groups is 2. The largest absolute Gasteiger partial charge is 0.497 e. The molecule has 46 heavy (non-hydrogen) atoms. The number of carbonyl (C=O) groups excluding carboxylic acids is 2. The van der Waals surface area contributed by atoms with Crippen LogP contribution in [-0.4, -0.2) is 39.3 Å². The quantitative estimate of drug-likeness (QED) is 0.143. The fourth-order valence-corrected chi connectivity index (χ4v) is 6.00. The summed E-state index contributed by atoms with van der Waals surface area (Å²) in [6.07, 6.45) is 0. The highest BCUT2D eigenvalue weighted by Crippen LogP contribution is 2.33. The van der Waals surface area contributed by atoms with Gasteiger partial charge in [0.15, 0.2) is 0 Å². The molecule has 0 atom stereocenters. The minimum atomic E-state index is -0.159. The summed E-state index contributed by atoms with van der Waals surface area (Å²) in [6.45, 7) is 2.89. The number of ether oxygens (including phenoxy) is 1. The van der Waals surface area contributed by atoms with E-state index in [2.05, 4.69) is 64.4 Å². The molecule has 0 bridgehead atoms. The van der Waals surface area contributed by atoms with Crippen molar-refractivity contribution in [2.24, 2.45) is 0 Å². The van der Waals surface area contributed by atoms with Crippen LogP contribution in [0.1, 0.15) is 13.8 Å². The minimum absolute atomic E-state index is 0.140. The molecule has 0 spiro atoms. The number of benzene rings is 4. The molecule has 6 aromatic rings. The monoisotopic (exact) mass is 713 g/mol. The molecule has 2 amide bonds. The van der Waals surface area contributed by atoms with Crippen molar-refractivity contribution < 1.29 is 14.3 Å². The molecule has 3 N–H and O–H groups in total. The van der Waals surface area contributed by atoms with Crippen LogP contribution in [0.4, 0.5) is 21.6 Å². The van der Waals surface area contributed by atoms with Gasteiger partial charge in [0.05, 0.1) is 7.11 Å². The smallest absolute Gasteiger partial charge is 0.223 e. The first-order valence-corrected chi connectivity index (χ1v) is 16.3. The Bertz CT molecular complexity index is 1930. The number of nitrogens with zero attached hydrogens (tertiary/aromatic N) is 4. The lowest BCUT2D eigenvalue weighted by atomic mass is 10.0. The normalized spacial score (nSPS) is 10.3. The zero-order chi connectivity index (χ0) is 32.5. The van der Waals surface area contributed by atoms with E-state index in [1.165, 1.54) is 36.5 Å². The van der Waals surface area contributed by atoms with Crippen molar-refractivity contribution in [2.75, 3.05) is 23.1 Å². The van der Waals surface area contributed by atoms with Crippen LogP contribution in [0.5, 0.6) is 5.75 Å². The van der Waals surface area contributed by atoms with Crippen molar-refractivity contribution in [3.05, 3.63) is 102 Å². The lowest BCUT2D eigenvalue weighted by molar-refractivity contribution is -0.115. The summed E-state index contributed by atoms with van der Waals surface area (Å²) in [7, 11) is 1.66. The third kappa shape index (κ3) is 8.81. The highest BCUT2D eigenvalue weighted by atomic mass is 79.9. The number of hydrogen-bond acceptors (Lipinski definition) is 10. The molecule has 10 nitrogen and oxygen atoms in total. The maximum Gasteiger partial charge on any atom is 0.223 e. The molecular weight excluding hydrogens is 686 g/mol. The van der Waals surface area contributed by atoms with Crippen molar-refractivity contribution in [2.45, 2.75) is 13.8 Å². The first kappa shape index (κ1) is 32.4. The van der Waals surface area contributed by atoms with Crippen LogP contribution < -0.4 is 20.7 Å². The minimum Gasteiger partial charge on any atom is -0.497 e. The van der Waals surface area contributed by atoms with Crippen molar-refractivity contribution in [3.8, 4) is 38.0 Å². The number of aromatic nitrogens is 4. The van der Waals surface area contributed by atoms with Crippen LogP contribution in [0.2, 0.25) is 0 Å². The maximum atomic E-state index is 11.2. The number of rotatable bonds is 8. The van der Waals surface area contributed by atoms with E-state index < -0.39 is 0 Å². The summed E-state index contributed by atoms with van der Waals surface area (Å²) in [6, 6.07) is 31.9. The Labute approximate surface area is 282 Å². The molecule has 4 aromatic carbocycles. The van der Waals surface area contributed by atoms with Crippen molar-refractivity contribution in [1.29, 1.82) is 0 Å². The van der Waals surface area contributed by atoms with Gasteiger partial charge in [-0.3, -0.25) is 9.59 Å². The number of amides is 2. The topological polar surface area (TPSA) is 131 Å². The molecule has 232 valence electrons. The number of nitrogens with one attached hydrogen (secondary N) is 3. The first-order valence-electron chi connectivity index (χ1n) is 13.9. The predicted molar refractivity (Wildman–Crippen MR) is 189 cm³/mol. The molecule has 13 heteroatoms. The van der Waals surface area contributed by atoms with Gasteiger partial charge in [0, 0.05) is 46.4 Å². The molecule has 0 radical (unpaired) electrons. The number of anilines is 4. The Morgan fingerprint density at radius 2 is 1.15 bits per heavy atom. The van der Waals surface area contributed by atoms with E-state index >= 15 is 0 Å². The summed E-state index contributed by atoms with van der Waals surface area (Å²) in [5, 5.41) is 27.3. The first-order chi connectivity index (χ1) is 22.3. The second-order valence-corrected chi connectivity index (χ2v) is 12.5. The van der Waals surface area contributed by atoms with Gasteiger partial charge in [-0.15, -0.1) is 20.4 Å². The SMILES string of the molecule is CC(=O)Nc1nnc(-c2ccc(Br)cc2)s1.COc1ccc(-c2ccccc2Nc2ccc(-c3nnc(NC(C)=O)s3)cc2)cc1. The number of hydrogen-bond donors (Lipinski definition) is 3. The molecule has 0 fully saturated rings. The molecule has 0 saturated heterocycles. The lowest BCUT2D eigenvalue weighted by Gasteiger charge is -2.13. The average molecular weight is 715 g/mol. The highest BCUT2D eigenvalue weighted by Gasteiger charge is 2.10. The fourth-order valence-electron chi connectivity index (χ4n) is 4.14. The van der Waals surface area contributed by atoms with E-state index in [0.717, 1.165) is 53.9 Å². The standard InChI is InChI=1S/C23H20N4O2S.C10H8BrN3OS/c1-15(28)24-23-27-26-22(30-23)17-7-11-18(12-8-17)25-21-6-4-3-5-20(21)16-9-13-19(29-2)14-10-16;1-6(15)12-10-14-13-9(16-10)7-2-4-8(11)5-3-7/h3-14,25H,1-2H3,(H,24,27,28);2-5H,1H3,(H,12,14,15). The van der Waals surface area contributed by atoms with E-state index in [-0.39, 0.29) is 11.8 Å². The summed E-state index contributed by atoms with van der Waals surface area (Å²) in [5.74, 6) is 0.532. The van der Waals surface area contributed by atoms with E-state index in [1.54, 1.807) is 7.11 Å². The summed E-state index contributed by atoms with van der Waals surface area (Å²) in [4.78, 5) is 22.0. The molecule has 0 aliphatic carbocycles. The second-order valence-electron chi connectivity index (χ2n) is 9.67. The van der Waals surface area contributed by atoms with Gasteiger partial charge < -0.3 is 20.7 Å². The molecular formula is C33H28BrN7O3S2. The average Bonchev–Trinajstić information content (AvgIpc) is 3.72. The van der Waals surface area contributed by atoms with Crippen LogP contribution >= 0.6 is 38.6 Å². The Hall–Kier alpha value is -4.98. The lowest BCUT2D eigenvalue weighted by Crippen LogP contribution is -2.04. The molecule has 0 unspecified atom stereocenters.